The number of hydrogen-bond acceptors (Lipinski definition) is 4. The first-order valence-electron chi connectivity index (χ1n) is 7.49. The molecule has 5 heteroatoms. The first-order chi connectivity index (χ1) is 11.2. The Morgan fingerprint density at radius 2 is 1.74 bits per heavy atom. The molecule has 0 heterocycles. The van der Waals surface area contributed by atoms with Gasteiger partial charge in [-0.1, -0.05) is 36.5 Å². The van der Waals surface area contributed by atoms with Crippen LogP contribution in [0.3, 0.4) is 0 Å². The van der Waals surface area contributed by atoms with Crippen molar-refractivity contribution in [3.8, 4) is 11.5 Å². The summed E-state index contributed by atoms with van der Waals surface area (Å²) in [7, 11) is 3.28. The Morgan fingerprint density at radius 3 is 2.43 bits per heavy atom. The van der Waals surface area contributed by atoms with Gasteiger partial charge in [-0.25, -0.2) is 0 Å². The third-order valence-corrected chi connectivity index (χ3v) is 3.70. The molecule has 0 radical (unpaired) electrons. The van der Waals surface area contributed by atoms with E-state index in [2.05, 4.69) is 10.6 Å². The quantitative estimate of drug-likeness (QED) is 0.727. The Hall–Kier alpha value is -2.27. The number of hydrogen-bond donors (Lipinski definition) is 2. The molecule has 0 spiro atoms. The van der Waals surface area contributed by atoms with E-state index < -0.39 is 0 Å². The average Bonchev–Trinajstić information content (AvgIpc) is 2.60. The summed E-state index contributed by atoms with van der Waals surface area (Å²) >= 11 is 5.34. The predicted octanol–water partition coefficient (Wildman–Crippen LogP) is 3.28. The maximum atomic E-state index is 5.34. The number of rotatable bonds is 8. The van der Waals surface area contributed by atoms with Crippen molar-refractivity contribution in [3.63, 3.8) is 0 Å². The van der Waals surface area contributed by atoms with Crippen molar-refractivity contribution in [2.45, 2.75) is 6.42 Å². The van der Waals surface area contributed by atoms with Crippen LogP contribution in [0.1, 0.15) is 5.56 Å². The average molecular weight is 330 g/mol. The summed E-state index contributed by atoms with van der Waals surface area (Å²) in [5.74, 6) is 1.49. The molecular weight excluding hydrogens is 308 g/mol. The van der Waals surface area contributed by atoms with E-state index in [9.17, 15) is 0 Å². The van der Waals surface area contributed by atoms with Crippen LogP contribution >= 0.6 is 12.2 Å². The number of methoxy groups -OCH3 is 2. The number of nitrogens with one attached hydrogen (secondary N) is 2. The SMILES string of the molecule is COc1ccc(CCNC(=S)CNc2ccccc2)cc1OC. The van der Waals surface area contributed by atoms with Gasteiger partial charge in [0.25, 0.3) is 0 Å². The molecular formula is C18H22N2O2S. The zero-order valence-electron chi connectivity index (χ0n) is 13.5. The largest absolute Gasteiger partial charge is 0.493 e. The molecule has 0 saturated carbocycles. The second-order valence-electron chi connectivity index (χ2n) is 5.01. The molecule has 23 heavy (non-hydrogen) atoms. The molecule has 0 atom stereocenters. The molecule has 0 bridgehead atoms. The van der Waals surface area contributed by atoms with Crippen LogP contribution in [-0.4, -0.2) is 32.3 Å². The van der Waals surface area contributed by atoms with Gasteiger partial charge in [0.15, 0.2) is 11.5 Å². The fourth-order valence-electron chi connectivity index (χ4n) is 2.18. The smallest absolute Gasteiger partial charge is 0.160 e. The van der Waals surface area contributed by atoms with Crippen LogP contribution in [0.4, 0.5) is 5.69 Å². The van der Waals surface area contributed by atoms with Crippen LogP contribution in [0, 0.1) is 0 Å². The third kappa shape index (κ3) is 5.45. The monoisotopic (exact) mass is 330 g/mol. The van der Waals surface area contributed by atoms with Crippen LogP contribution in [-0.2, 0) is 6.42 Å². The Kier molecular flexibility index (Phi) is 6.69. The van der Waals surface area contributed by atoms with E-state index in [-0.39, 0.29) is 0 Å². The molecule has 122 valence electrons. The predicted molar refractivity (Wildman–Crippen MR) is 98.8 cm³/mol. The molecule has 2 aromatic carbocycles. The summed E-state index contributed by atoms with van der Waals surface area (Å²) < 4.78 is 10.5. The van der Waals surface area contributed by atoms with Crippen LogP contribution in [0.5, 0.6) is 11.5 Å². The Labute approximate surface area is 142 Å². The summed E-state index contributed by atoms with van der Waals surface area (Å²) in [5, 5.41) is 6.55. The van der Waals surface area contributed by atoms with Gasteiger partial charge in [0, 0.05) is 12.2 Å². The summed E-state index contributed by atoms with van der Waals surface area (Å²) in [5.41, 5.74) is 2.24. The fourth-order valence-corrected chi connectivity index (χ4v) is 2.36. The van der Waals surface area contributed by atoms with Gasteiger partial charge in [0.2, 0.25) is 0 Å². The van der Waals surface area contributed by atoms with Crippen molar-refractivity contribution in [3.05, 3.63) is 54.1 Å². The van der Waals surface area contributed by atoms with Gasteiger partial charge in [0.05, 0.1) is 25.8 Å². The lowest BCUT2D eigenvalue weighted by molar-refractivity contribution is 0.354. The maximum absolute atomic E-state index is 5.34. The van der Waals surface area contributed by atoms with Crippen molar-refractivity contribution in [2.75, 3.05) is 32.6 Å². The molecule has 0 fully saturated rings. The molecule has 4 nitrogen and oxygen atoms in total. The van der Waals surface area contributed by atoms with Gasteiger partial charge < -0.3 is 20.1 Å². The first-order valence-corrected chi connectivity index (χ1v) is 7.90. The normalized spacial score (nSPS) is 10.0. The summed E-state index contributed by atoms with van der Waals surface area (Å²) in [6.07, 6.45) is 0.867. The van der Waals surface area contributed by atoms with Crippen molar-refractivity contribution < 1.29 is 9.47 Å². The van der Waals surface area contributed by atoms with E-state index >= 15 is 0 Å². The van der Waals surface area contributed by atoms with Crippen molar-refractivity contribution in [1.82, 2.24) is 5.32 Å². The highest BCUT2D eigenvalue weighted by Gasteiger charge is 2.04. The van der Waals surface area contributed by atoms with Crippen LogP contribution in [0.2, 0.25) is 0 Å². The lowest BCUT2D eigenvalue weighted by atomic mass is 10.1. The number of anilines is 1. The van der Waals surface area contributed by atoms with Gasteiger partial charge in [-0.2, -0.15) is 0 Å². The zero-order chi connectivity index (χ0) is 16.5. The van der Waals surface area contributed by atoms with E-state index in [1.165, 1.54) is 5.56 Å². The van der Waals surface area contributed by atoms with E-state index in [0.717, 1.165) is 35.1 Å². The molecule has 2 aromatic rings. The highest BCUT2D eigenvalue weighted by Crippen LogP contribution is 2.27. The Balaban J connectivity index is 1.75. The minimum atomic E-state index is 0.630. The topological polar surface area (TPSA) is 42.5 Å². The molecule has 0 amide bonds. The molecule has 0 aromatic heterocycles. The summed E-state index contributed by atoms with van der Waals surface area (Å²) in [4.78, 5) is 0.800. The Bertz CT molecular complexity index is 632. The highest BCUT2D eigenvalue weighted by atomic mass is 32.1. The van der Waals surface area contributed by atoms with Crippen LogP contribution in [0.25, 0.3) is 0 Å². The maximum Gasteiger partial charge on any atom is 0.160 e. The van der Waals surface area contributed by atoms with Crippen LogP contribution in [0.15, 0.2) is 48.5 Å². The van der Waals surface area contributed by atoms with Gasteiger partial charge in [-0.15, -0.1) is 0 Å². The van der Waals surface area contributed by atoms with Gasteiger partial charge in [-0.05, 0) is 36.2 Å². The summed E-state index contributed by atoms with van der Waals surface area (Å²) in [6.45, 7) is 1.41. The Morgan fingerprint density at radius 1 is 1.00 bits per heavy atom. The van der Waals surface area contributed by atoms with Crippen LogP contribution < -0.4 is 20.1 Å². The first kappa shape index (κ1) is 17.1. The lowest BCUT2D eigenvalue weighted by Gasteiger charge is -2.12. The number of thiocarbonyl (C=S) groups is 1. The zero-order valence-corrected chi connectivity index (χ0v) is 14.3. The standard InChI is InChI=1S/C18H22N2O2S/c1-21-16-9-8-14(12-17(16)22-2)10-11-19-18(23)13-20-15-6-4-3-5-7-15/h3-9,12,20H,10-11,13H2,1-2H3,(H,19,23). The van der Waals surface area contributed by atoms with Gasteiger partial charge in [-0.3, -0.25) is 0 Å². The number of para-hydroxylation sites is 1. The lowest BCUT2D eigenvalue weighted by Crippen LogP contribution is -2.29. The molecule has 2 N–H and O–H groups in total. The van der Waals surface area contributed by atoms with Gasteiger partial charge in [0.1, 0.15) is 0 Å². The second-order valence-corrected chi connectivity index (χ2v) is 5.50. The molecule has 2 rings (SSSR count). The van der Waals surface area contributed by atoms with Crippen molar-refractivity contribution >= 4 is 22.9 Å². The molecule has 0 aliphatic heterocycles. The minimum Gasteiger partial charge on any atom is -0.493 e. The van der Waals surface area contributed by atoms with E-state index in [0.29, 0.717) is 6.54 Å². The van der Waals surface area contributed by atoms with Crippen molar-refractivity contribution in [1.29, 1.82) is 0 Å². The highest BCUT2D eigenvalue weighted by molar-refractivity contribution is 7.80. The molecule has 0 saturated heterocycles. The van der Waals surface area contributed by atoms with Gasteiger partial charge >= 0.3 is 0 Å². The molecule has 0 unspecified atom stereocenters. The van der Waals surface area contributed by atoms with Crippen molar-refractivity contribution in [2.24, 2.45) is 0 Å². The van der Waals surface area contributed by atoms with E-state index in [1.807, 2.05) is 48.5 Å². The summed E-state index contributed by atoms with van der Waals surface area (Å²) in [6, 6.07) is 16.0. The third-order valence-electron chi connectivity index (χ3n) is 3.41. The molecule has 0 aliphatic carbocycles. The second kappa shape index (κ2) is 9.00. The molecule has 0 aliphatic rings. The number of benzene rings is 2. The van der Waals surface area contributed by atoms with E-state index in [4.69, 9.17) is 21.7 Å². The number of ether oxygens (including phenoxy) is 2. The van der Waals surface area contributed by atoms with E-state index in [1.54, 1.807) is 14.2 Å². The minimum absolute atomic E-state index is 0.630. The fraction of sp³-hybridized carbons (Fsp3) is 0.278.